The van der Waals surface area contributed by atoms with Crippen LogP contribution in [0.3, 0.4) is 0 Å². The van der Waals surface area contributed by atoms with E-state index in [9.17, 15) is 4.79 Å². The van der Waals surface area contributed by atoms with Gasteiger partial charge in [0.25, 0.3) is 0 Å². The molecule has 1 amide bonds. The Morgan fingerprint density at radius 1 is 1.17 bits per heavy atom. The van der Waals surface area contributed by atoms with Crippen molar-refractivity contribution in [1.82, 2.24) is 19.7 Å². The number of likely N-dealkylation sites (tertiary alicyclic amines) is 1. The van der Waals surface area contributed by atoms with Gasteiger partial charge in [-0.05, 0) is 38.7 Å². The zero-order chi connectivity index (χ0) is 16.9. The van der Waals surface area contributed by atoms with Gasteiger partial charge in [0.05, 0.1) is 5.75 Å². The molecular formula is C18H24N4OS. The Morgan fingerprint density at radius 2 is 1.92 bits per heavy atom. The predicted octanol–water partition coefficient (Wildman–Crippen LogP) is 3.38. The molecule has 2 aromatic rings. The van der Waals surface area contributed by atoms with Crippen molar-refractivity contribution in [2.24, 2.45) is 0 Å². The van der Waals surface area contributed by atoms with Crippen molar-refractivity contribution in [3.8, 4) is 11.4 Å². The third-order valence-corrected chi connectivity index (χ3v) is 5.40. The number of rotatable bonds is 5. The number of hydrogen-bond donors (Lipinski definition) is 0. The first-order valence-electron chi connectivity index (χ1n) is 8.60. The van der Waals surface area contributed by atoms with E-state index in [0.29, 0.717) is 5.75 Å². The number of aryl methyl sites for hydroxylation is 1. The number of piperidine rings is 1. The van der Waals surface area contributed by atoms with Crippen LogP contribution >= 0.6 is 11.8 Å². The van der Waals surface area contributed by atoms with Crippen LogP contribution in [-0.4, -0.2) is 44.4 Å². The Morgan fingerprint density at radius 3 is 2.62 bits per heavy atom. The Labute approximate surface area is 147 Å². The minimum Gasteiger partial charge on any atom is -0.342 e. The Bertz CT molecular complexity index is 707. The summed E-state index contributed by atoms with van der Waals surface area (Å²) in [6, 6.07) is 8.19. The maximum Gasteiger partial charge on any atom is 0.233 e. The lowest BCUT2D eigenvalue weighted by Crippen LogP contribution is -2.36. The molecule has 1 aliphatic rings. The van der Waals surface area contributed by atoms with Crippen molar-refractivity contribution in [2.75, 3.05) is 18.8 Å². The quantitative estimate of drug-likeness (QED) is 0.780. The number of thioether (sulfide) groups is 1. The summed E-state index contributed by atoms with van der Waals surface area (Å²) in [6.07, 6.45) is 3.48. The third-order valence-electron chi connectivity index (χ3n) is 4.45. The van der Waals surface area contributed by atoms with Crippen LogP contribution in [0.25, 0.3) is 11.4 Å². The fraction of sp³-hybridized carbons (Fsp3) is 0.500. The Balaban J connectivity index is 1.73. The second kappa shape index (κ2) is 7.83. The number of hydrogen-bond acceptors (Lipinski definition) is 4. The molecule has 3 rings (SSSR count). The predicted molar refractivity (Wildman–Crippen MR) is 97.0 cm³/mol. The molecule has 1 aromatic carbocycles. The zero-order valence-corrected chi connectivity index (χ0v) is 15.2. The normalized spacial score (nSPS) is 14.8. The van der Waals surface area contributed by atoms with E-state index in [1.54, 1.807) is 0 Å². The molecule has 5 nitrogen and oxygen atoms in total. The molecule has 0 unspecified atom stereocenters. The van der Waals surface area contributed by atoms with Crippen LogP contribution in [0.4, 0.5) is 0 Å². The molecule has 0 spiro atoms. The van der Waals surface area contributed by atoms with Gasteiger partial charge in [0.15, 0.2) is 11.0 Å². The molecular weight excluding hydrogens is 320 g/mol. The minimum atomic E-state index is 0.211. The number of aromatic nitrogens is 3. The van der Waals surface area contributed by atoms with Gasteiger partial charge < -0.3 is 9.47 Å². The summed E-state index contributed by atoms with van der Waals surface area (Å²) in [7, 11) is 0. The van der Waals surface area contributed by atoms with Gasteiger partial charge in [-0.15, -0.1) is 10.2 Å². The van der Waals surface area contributed by atoms with Crippen LogP contribution in [-0.2, 0) is 11.3 Å². The first kappa shape index (κ1) is 17.0. The van der Waals surface area contributed by atoms with Crippen molar-refractivity contribution in [3.05, 3.63) is 29.8 Å². The van der Waals surface area contributed by atoms with Crippen molar-refractivity contribution >= 4 is 17.7 Å². The van der Waals surface area contributed by atoms with Crippen LogP contribution in [0.5, 0.6) is 0 Å². The van der Waals surface area contributed by atoms with Gasteiger partial charge in [-0.2, -0.15) is 0 Å². The van der Waals surface area contributed by atoms with Crippen LogP contribution in [0.15, 0.2) is 29.4 Å². The minimum absolute atomic E-state index is 0.211. The summed E-state index contributed by atoms with van der Waals surface area (Å²) < 4.78 is 2.09. The Kier molecular flexibility index (Phi) is 5.56. The lowest BCUT2D eigenvalue weighted by atomic mass is 10.1. The van der Waals surface area contributed by atoms with E-state index < -0.39 is 0 Å². The van der Waals surface area contributed by atoms with Gasteiger partial charge in [0.2, 0.25) is 5.91 Å². The smallest absolute Gasteiger partial charge is 0.233 e. The second-order valence-electron chi connectivity index (χ2n) is 6.10. The average molecular weight is 344 g/mol. The summed E-state index contributed by atoms with van der Waals surface area (Å²) in [5, 5.41) is 9.52. The monoisotopic (exact) mass is 344 g/mol. The summed E-state index contributed by atoms with van der Waals surface area (Å²) in [5.74, 6) is 1.53. The van der Waals surface area contributed by atoms with Crippen molar-refractivity contribution in [1.29, 1.82) is 0 Å². The molecule has 0 saturated carbocycles. The summed E-state index contributed by atoms with van der Waals surface area (Å²) in [4.78, 5) is 14.3. The number of nitrogens with zero attached hydrogens (tertiary/aromatic N) is 4. The molecule has 0 N–H and O–H groups in total. The maximum absolute atomic E-state index is 12.3. The standard InChI is InChI=1S/C18H24N4OS/c1-3-22-17(15-10-6-5-9-14(15)2)19-20-18(22)24-13-16(23)21-11-7-4-8-12-21/h5-6,9-10H,3-4,7-8,11-13H2,1-2H3. The average Bonchev–Trinajstić information content (AvgIpc) is 3.03. The highest BCUT2D eigenvalue weighted by Crippen LogP contribution is 2.26. The largest absolute Gasteiger partial charge is 0.342 e. The fourth-order valence-electron chi connectivity index (χ4n) is 3.06. The molecule has 0 bridgehead atoms. The molecule has 1 aromatic heterocycles. The maximum atomic E-state index is 12.3. The first-order valence-corrected chi connectivity index (χ1v) is 9.59. The zero-order valence-electron chi connectivity index (χ0n) is 14.4. The molecule has 1 fully saturated rings. The summed E-state index contributed by atoms with van der Waals surface area (Å²) in [5.41, 5.74) is 2.28. The van der Waals surface area contributed by atoms with Crippen molar-refractivity contribution < 1.29 is 4.79 Å². The van der Waals surface area contributed by atoms with Crippen molar-refractivity contribution in [3.63, 3.8) is 0 Å². The molecule has 1 aliphatic heterocycles. The fourth-order valence-corrected chi connectivity index (χ4v) is 3.97. The number of carbonyl (C=O) groups is 1. The van der Waals surface area contributed by atoms with Crippen LogP contribution < -0.4 is 0 Å². The van der Waals surface area contributed by atoms with E-state index in [1.807, 2.05) is 17.0 Å². The molecule has 2 heterocycles. The summed E-state index contributed by atoms with van der Waals surface area (Å²) in [6.45, 7) is 6.75. The highest BCUT2D eigenvalue weighted by molar-refractivity contribution is 7.99. The van der Waals surface area contributed by atoms with E-state index in [0.717, 1.165) is 49.0 Å². The molecule has 24 heavy (non-hydrogen) atoms. The summed E-state index contributed by atoms with van der Waals surface area (Å²) >= 11 is 1.49. The molecule has 6 heteroatoms. The van der Waals surface area contributed by atoms with E-state index in [-0.39, 0.29) is 5.91 Å². The highest BCUT2D eigenvalue weighted by Gasteiger charge is 2.19. The van der Waals surface area contributed by atoms with E-state index >= 15 is 0 Å². The van der Waals surface area contributed by atoms with Gasteiger partial charge >= 0.3 is 0 Å². The van der Waals surface area contributed by atoms with Crippen LogP contribution in [0, 0.1) is 6.92 Å². The molecule has 1 saturated heterocycles. The lowest BCUT2D eigenvalue weighted by Gasteiger charge is -2.26. The van der Waals surface area contributed by atoms with Crippen molar-refractivity contribution in [2.45, 2.75) is 44.8 Å². The Hall–Kier alpha value is -1.82. The van der Waals surface area contributed by atoms with Gasteiger partial charge in [0, 0.05) is 25.2 Å². The number of carbonyl (C=O) groups excluding carboxylic acids is 1. The van der Waals surface area contributed by atoms with Gasteiger partial charge in [-0.3, -0.25) is 4.79 Å². The van der Waals surface area contributed by atoms with E-state index in [2.05, 4.69) is 40.7 Å². The van der Waals surface area contributed by atoms with Crippen LogP contribution in [0.2, 0.25) is 0 Å². The van der Waals surface area contributed by atoms with Gasteiger partial charge in [-0.25, -0.2) is 0 Å². The third kappa shape index (κ3) is 3.64. The highest BCUT2D eigenvalue weighted by atomic mass is 32.2. The second-order valence-corrected chi connectivity index (χ2v) is 7.04. The molecule has 0 atom stereocenters. The molecule has 0 radical (unpaired) electrons. The van der Waals surface area contributed by atoms with Gasteiger partial charge in [0.1, 0.15) is 0 Å². The lowest BCUT2D eigenvalue weighted by molar-refractivity contribution is -0.129. The molecule has 0 aliphatic carbocycles. The van der Waals surface area contributed by atoms with E-state index in [1.165, 1.54) is 23.7 Å². The number of amides is 1. The topological polar surface area (TPSA) is 51.0 Å². The van der Waals surface area contributed by atoms with Crippen LogP contribution in [0.1, 0.15) is 31.7 Å². The number of benzene rings is 1. The molecule has 128 valence electrons. The van der Waals surface area contributed by atoms with E-state index in [4.69, 9.17) is 0 Å². The van der Waals surface area contributed by atoms with Gasteiger partial charge in [-0.1, -0.05) is 36.0 Å². The first-order chi connectivity index (χ1) is 11.7. The SMILES string of the molecule is CCn1c(SCC(=O)N2CCCCC2)nnc1-c1ccccc1C.